The lowest BCUT2D eigenvalue weighted by molar-refractivity contribution is -0.152. The van der Waals surface area contributed by atoms with Crippen molar-refractivity contribution >= 4 is 17.6 Å². The first kappa shape index (κ1) is 12.7. The zero-order chi connectivity index (χ0) is 13.1. The van der Waals surface area contributed by atoms with Crippen molar-refractivity contribution in [3.8, 4) is 11.8 Å². The molecular formula is C13H12ClNO3. The Labute approximate surface area is 110 Å². The minimum absolute atomic E-state index is 0.269. The van der Waals surface area contributed by atoms with Crippen molar-refractivity contribution in [2.24, 2.45) is 5.92 Å². The fourth-order valence-corrected chi connectivity index (χ4v) is 2.01. The molecule has 0 aliphatic carbocycles. The molecule has 5 heteroatoms. The number of esters is 1. The fraction of sp³-hybridized carbons (Fsp3) is 0.385. The van der Waals surface area contributed by atoms with Crippen LogP contribution in [0.5, 0.6) is 5.75 Å². The first-order valence-corrected chi connectivity index (χ1v) is 5.99. The van der Waals surface area contributed by atoms with E-state index in [0.29, 0.717) is 11.4 Å². The van der Waals surface area contributed by atoms with E-state index in [1.165, 1.54) is 6.92 Å². The number of carbonyl (C=O) groups is 1. The van der Waals surface area contributed by atoms with Gasteiger partial charge in [0, 0.05) is 5.02 Å². The molecule has 1 aromatic carbocycles. The van der Waals surface area contributed by atoms with Gasteiger partial charge in [-0.2, -0.15) is 5.26 Å². The lowest BCUT2D eigenvalue weighted by Gasteiger charge is -2.24. The minimum Gasteiger partial charge on any atom is -0.492 e. The molecule has 1 aliphatic rings. The van der Waals surface area contributed by atoms with E-state index < -0.39 is 12.1 Å². The third kappa shape index (κ3) is 2.74. The largest absolute Gasteiger partial charge is 0.492 e. The molecule has 0 saturated heterocycles. The van der Waals surface area contributed by atoms with Gasteiger partial charge >= 0.3 is 5.97 Å². The highest BCUT2D eigenvalue weighted by Gasteiger charge is 2.28. The molecule has 94 valence electrons. The smallest absolute Gasteiger partial charge is 0.314 e. The maximum absolute atomic E-state index is 11.8. The Kier molecular flexibility index (Phi) is 3.73. The predicted molar refractivity (Wildman–Crippen MR) is 65.3 cm³/mol. The molecule has 0 spiro atoms. The fourth-order valence-electron chi connectivity index (χ4n) is 1.81. The molecule has 0 radical (unpaired) electrons. The zero-order valence-electron chi connectivity index (χ0n) is 9.85. The van der Waals surface area contributed by atoms with Crippen LogP contribution in [-0.2, 0) is 16.0 Å². The molecule has 1 heterocycles. The zero-order valence-corrected chi connectivity index (χ0v) is 10.6. The summed E-state index contributed by atoms with van der Waals surface area (Å²) in [5.74, 6) is -0.0433. The highest BCUT2D eigenvalue weighted by atomic mass is 35.5. The van der Waals surface area contributed by atoms with E-state index in [1.54, 1.807) is 18.2 Å². The quantitative estimate of drug-likeness (QED) is 0.770. The normalized spacial score (nSPS) is 19.1. The average Bonchev–Trinajstić information content (AvgIpc) is 2.37. The van der Waals surface area contributed by atoms with Gasteiger partial charge in [-0.3, -0.25) is 4.79 Å². The van der Waals surface area contributed by atoms with Gasteiger partial charge in [0.05, 0.1) is 5.92 Å². The predicted octanol–water partition coefficient (Wildman–Crippen LogP) is 2.35. The molecule has 2 rings (SSSR count). The number of hydrogen-bond donors (Lipinski definition) is 0. The summed E-state index contributed by atoms with van der Waals surface area (Å²) in [5.41, 5.74) is 0.889. The van der Waals surface area contributed by atoms with Gasteiger partial charge in [-0.25, -0.2) is 0 Å². The maximum atomic E-state index is 11.8. The van der Waals surface area contributed by atoms with Crippen molar-refractivity contribution in [1.29, 1.82) is 5.26 Å². The number of ether oxygens (including phenoxy) is 2. The Hall–Kier alpha value is -1.73. The molecule has 18 heavy (non-hydrogen) atoms. The van der Waals surface area contributed by atoms with E-state index in [-0.39, 0.29) is 12.5 Å². The van der Waals surface area contributed by atoms with Crippen molar-refractivity contribution in [2.45, 2.75) is 19.4 Å². The van der Waals surface area contributed by atoms with E-state index in [9.17, 15) is 4.79 Å². The SMILES string of the molecule is C[C@H](C#N)OC(=O)[C@@H]1COc2ccc(Cl)cc2C1. The van der Waals surface area contributed by atoms with Gasteiger partial charge < -0.3 is 9.47 Å². The first-order chi connectivity index (χ1) is 8.60. The van der Waals surface area contributed by atoms with Crippen molar-refractivity contribution in [3.05, 3.63) is 28.8 Å². The van der Waals surface area contributed by atoms with Crippen LogP contribution in [0.2, 0.25) is 5.02 Å². The van der Waals surface area contributed by atoms with Crippen LogP contribution in [0.1, 0.15) is 12.5 Å². The second-order valence-electron chi connectivity index (χ2n) is 4.17. The Morgan fingerprint density at radius 2 is 2.44 bits per heavy atom. The first-order valence-electron chi connectivity index (χ1n) is 5.61. The van der Waals surface area contributed by atoms with Crippen LogP contribution in [-0.4, -0.2) is 18.7 Å². The molecular weight excluding hydrogens is 254 g/mol. The molecule has 0 bridgehead atoms. The molecule has 0 N–H and O–H groups in total. The highest BCUT2D eigenvalue weighted by Crippen LogP contribution is 2.30. The lowest BCUT2D eigenvalue weighted by atomic mass is 9.97. The maximum Gasteiger partial charge on any atom is 0.314 e. The second-order valence-corrected chi connectivity index (χ2v) is 4.61. The van der Waals surface area contributed by atoms with Crippen LogP contribution in [0.3, 0.4) is 0 Å². The average molecular weight is 266 g/mol. The summed E-state index contributed by atoms with van der Waals surface area (Å²) in [6, 6.07) is 7.18. The summed E-state index contributed by atoms with van der Waals surface area (Å²) >= 11 is 5.90. The summed E-state index contributed by atoms with van der Waals surface area (Å²) in [4.78, 5) is 11.8. The molecule has 0 unspecified atom stereocenters. The van der Waals surface area contributed by atoms with Crippen LogP contribution in [0.4, 0.5) is 0 Å². The number of nitrogens with zero attached hydrogens (tertiary/aromatic N) is 1. The molecule has 1 aliphatic heterocycles. The van der Waals surface area contributed by atoms with Gasteiger partial charge in [-0.1, -0.05) is 11.6 Å². The molecule has 2 atom stereocenters. The van der Waals surface area contributed by atoms with Crippen molar-refractivity contribution in [3.63, 3.8) is 0 Å². The van der Waals surface area contributed by atoms with Gasteiger partial charge in [0.1, 0.15) is 18.4 Å². The van der Waals surface area contributed by atoms with Crippen LogP contribution < -0.4 is 4.74 Å². The number of carbonyl (C=O) groups excluding carboxylic acids is 1. The summed E-state index contributed by atoms with van der Waals surface area (Å²) < 4.78 is 10.5. The molecule has 0 saturated carbocycles. The summed E-state index contributed by atoms with van der Waals surface area (Å²) in [7, 11) is 0. The third-order valence-corrected chi connectivity index (χ3v) is 2.97. The number of fused-ring (bicyclic) bond motifs is 1. The number of hydrogen-bond acceptors (Lipinski definition) is 4. The van der Waals surface area contributed by atoms with Crippen molar-refractivity contribution in [2.75, 3.05) is 6.61 Å². The summed E-state index contributed by atoms with van der Waals surface area (Å²) in [6.45, 7) is 1.80. The van der Waals surface area contributed by atoms with Gasteiger partial charge in [-0.15, -0.1) is 0 Å². The Morgan fingerprint density at radius 1 is 1.67 bits per heavy atom. The molecule has 0 amide bonds. The van der Waals surface area contributed by atoms with Gasteiger partial charge in [0.2, 0.25) is 0 Å². The van der Waals surface area contributed by atoms with E-state index in [1.807, 2.05) is 6.07 Å². The monoisotopic (exact) mass is 265 g/mol. The third-order valence-electron chi connectivity index (χ3n) is 2.74. The van der Waals surface area contributed by atoms with Crippen LogP contribution >= 0.6 is 11.6 Å². The van der Waals surface area contributed by atoms with Crippen LogP contribution in [0, 0.1) is 17.2 Å². The Bertz CT molecular complexity index is 509. The molecule has 1 aromatic rings. The van der Waals surface area contributed by atoms with E-state index in [4.69, 9.17) is 26.3 Å². The van der Waals surface area contributed by atoms with E-state index in [2.05, 4.69) is 0 Å². The van der Waals surface area contributed by atoms with E-state index in [0.717, 1.165) is 11.3 Å². The number of nitriles is 1. The molecule has 4 nitrogen and oxygen atoms in total. The van der Waals surface area contributed by atoms with Crippen molar-refractivity contribution < 1.29 is 14.3 Å². The molecule has 0 aromatic heterocycles. The highest BCUT2D eigenvalue weighted by molar-refractivity contribution is 6.30. The Morgan fingerprint density at radius 3 is 3.17 bits per heavy atom. The topological polar surface area (TPSA) is 59.3 Å². The van der Waals surface area contributed by atoms with Crippen LogP contribution in [0.15, 0.2) is 18.2 Å². The number of benzene rings is 1. The van der Waals surface area contributed by atoms with Gasteiger partial charge in [0.15, 0.2) is 6.10 Å². The summed E-state index contributed by atoms with van der Waals surface area (Å²) in [5, 5.41) is 9.21. The van der Waals surface area contributed by atoms with Crippen molar-refractivity contribution in [1.82, 2.24) is 0 Å². The van der Waals surface area contributed by atoms with Crippen LogP contribution in [0.25, 0.3) is 0 Å². The summed E-state index contributed by atoms with van der Waals surface area (Å²) in [6.07, 6.45) is -0.217. The Balaban J connectivity index is 2.07. The second kappa shape index (κ2) is 5.28. The lowest BCUT2D eigenvalue weighted by Crippen LogP contribution is -2.31. The van der Waals surface area contributed by atoms with Gasteiger partial charge in [-0.05, 0) is 37.1 Å². The molecule has 0 fully saturated rings. The van der Waals surface area contributed by atoms with Gasteiger partial charge in [0.25, 0.3) is 0 Å². The number of halogens is 1. The number of rotatable bonds is 2. The van der Waals surface area contributed by atoms with E-state index >= 15 is 0 Å². The standard InChI is InChI=1S/C13H12ClNO3/c1-8(6-15)18-13(16)10-4-9-5-11(14)2-3-12(9)17-7-10/h2-3,5,8,10H,4,7H2,1H3/t8-,10+/m1/s1. The minimum atomic E-state index is -0.738.